The average Bonchev–Trinajstić information content (AvgIpc) is 2.31. The standard InChI is InChI=1S/C14H22N2O/c1-4-5-10-15-12-6-8-13(9-7-12)16-14(17)11(2)3/h6-9,11,15H,4-5,10H2,1-3H3,(H,16,17). The van der Waals surface area contributed by atoms with Gasteiger partial charge in [-0.3, -0.25) is 4.79 Å². The highest BCUT2D eigenvalue weighted by Gasteiger charge is 2.06. The van der Waals surface area contributed by atoms with Crippen LogP contribution in [0.4, 0.5) is 11.4 Å². The molecule has 1 amide bonds. The molecule has 0 saturated heterocycles. The number of benzene rings is 1. The van der Waals surface area contributed by atoms with Crippen LogP contribution in [0.1, 0.15) is 33.6 Å². The molecule has 0 spiro atoms. The van der Waals surface area contributed by atoms with Crippen LogP contribution in [0, 0.1) is 5.92 Å². The van der Waals surface area contributed by atoms with E-state index in [1.54, 1.807) is 0 Å². The van der Waals surface area contributed by atoms with Crippen LogP contribution in [0.3, 0.4) is 0 Å². The zero-order chi connectivity index (χ0) is 12.7. The number of unbranched alkanes of at least 4 members (excludes halogenated alkanes) is 1. The minimum Gasteiger partial charge on any atom is -0.385 e. The zero-order valence-electron chi connectivity index (χ0n) is 10.9. The van der Waals surface area contributed by atoms with Crippen molar-refractivity contribution < 1.29 is 4.79 Å². The molecule has 0 fully saturated rings. The Balaban J connectivity index is 2.47. The van der Waals surface area contributed by atoms with Gasteiger partial charge in [0.1, 0.15) is 0 Å². The molecule has 3 heteroatoms. The summed E-state index contributed by atoms with van der Waals surface area (Å²) in [6.45, 7) is 6.94. The fourth-order valence-electron chi connectivity index (χ4n) is 1.37. The summed E-state index contributed by atoms with van der Waals surface area (Å²) in [4.78, 5) is 11.5. The maximum atomic E-state index is 11.5. The molecule has 3 nitrogen and oxygen atoms in total. The van der Waals surface area contributed by atoms with Crippen molar-refractivity contribution in [2.24, 2.45) is 5.92 Å². The van der Waals surface area contributed by atoms with E-state index >= 15 is 0 Å². The highest BCUT2D eigenvalue weighted by molar-refractivity contribution is 5.92. The maximum absolute atomic E-state index is 11.5. The van der Waals surface area contributed by atoms with E-state index in [0.717, 1.165) is 17.9 Å². The fraction of sp³-hybridized carbons (Fsp3) is 0.500. The van der Waals surface area contributed by atoms with E-state index in [0.29, 0.717) is 0 Å². The second kappa shape index (κ2) is 6.94. The maximum Gasteiger partial charge on any atom is 0.226 e. The van der Waals surface area contributed by atoms with Gasteiger partial charge in [-0.2, -0.15) is 0 Å². The van der Waals surface area contributed by atoms with Gasteiger partial charge in [-0.25, -0.2) is 0 Å². The topological polar surface area (TPSA) is 41.1 Å². The van der Waals surface area contributed by atoms with Crippen LogP contribution < -0.4 is 10.6 Å². The van der Waals surface area contributed by atoms with Crippen LogP contribution in [-0.2, 0) is 4.79 Å². The number of hydrogen-bond donors (Lipinski definition) is 2. The Hall–Kier alpha value is -1.51. The van der Waals surface area contributed by atoms with Crippen LogP contribution in [-0.4, -0.2) is 12.5 Å². The van der Waals surface area contributed by atoms with Crippen molar-refractivity contribution in [2.45, 2.75) is 33.6 Å². The minimum absolute atomic E-state index is 0.0114. The molecule has 0 atom stereocenters. The van der Waals surface area contributed by atoms with Crippen molar-refractivity contribution in [1.29, 1.82) is 0 Å². The fourth-order valence-corrected chi connectivity index (χ4v) is 1.37. The van der Waals surface area contributed by atoms with Gasteiger partial charge in [0.25, 0.3) is 0 Å². The van der Waals surface area contributed by atoms with Gasteiger partial charge >= 0.3 is 0 Å². The van der Waals surface area contributed by atoms with Crippen LogP contribution in [0.5, 0.6) is 0 Å². The Morgan fingerprint density at radius 3 is 2.29 bits per heavy atom. The number of carbonyl (C=O) groups is 1. The van der Waals surface area contributed by atoms with Gasteiger partial charge in [0.15, 0.2) is 0 Å². The first kappa shape index (κ1) is 13.6. The highest BCUT2D eigenvalue weighted by atomic mass is 16.1. The Morgan fingerprint density at radius 1 is 1.18 bits per heavy atom. The van der Waals surface area contributed by atoms with E-state index in [9.17, 15) is 4.79 Å². The molecule has 0 aliphatic carbocycles. The summed E-state index contributed by atoms with van der Waals surface area (Å²) in [5.41, 5.74) is 1.95. The first-order valence-corrected chi connectivity index (χ1v) is 6.28. The molecule has 94 valence electrons. The lowest BCUT2D eigenvalue weighted by Crippen LogP contribution is -2.17. The number of amides is 1. The molecular formula is C14H22N2O. The Bertz CT molecular complexity index is 344. The summed E-state index contributed by atoms with van der Waals surface area (Å²) in [7, 11) is 0. The largest absolute Gasteiger partial charge is 0.385 e. The predicted octanol–water partition coefficient (Wildman–Crippen LogP) is 3.49. The lowest BCUT2D eigenvalue weighted by atomic mass is 10.2. The van der Waals surface area contributed by atoms with E-state index < -0.39 is 0 Å². The molecule has 0 aromatic heterocycles. The van der Waals surface area contributed by atoms with Crippen LogP contribution >= 0.6 is 0 Å². The third-order valence-electron chi connectivity index (χ3n) is 2.54. The van der Waals surface area contributed by atoms with Crippen molar-refractivity contribution in [3.05, 3.63) is 24.3 Å². The lowest BCUT2D eigenvalue weighted by Gasteiger charge is -2.09. The SMILES string of the molecule is CCCCNc1ccc(NC(=O)C(C)C)cc1. The number of nitrogens with one attached hydrogen (secondary N) is 2. The molecule has 0 unspecified atom stereocenters. The van der Waals surface area contributed by atoms with Crippen LogP contribution in [0.25, 0.3) is 0 Å². The summed E-state index contributed by atoms with van der Waals surface area (Å²) in [6, 6.07) is 7.83. The summed E-state index contributed by atoms with van der Waals surface area (Å²) < 4.78 is 0. The third kappa shape index (κ3) is 4.89. The average molecular weight is 234 g/mol. The number of hydrogen-bond acceptors (Lipinski definition) is 2. The van der Waals surface area contributed by atoms with Crippen molar-refractivity contribution in [1.82, 2.24) is 0 Å². The molecule has 0 saturated carbocycles. The quantitative estimate of drug-likeness (QED) is 0.740. The molecule has 2 N–H and O–H groups in total. The summed E-state index contributed by atoms with van der Waals surface area (Å²) >= 11 is 0. The van der Waals surface area contributed by atoms with Gasteiger partial charge in [0, 0.05) is 23.8 Å². The molecule has 1 aromatic rings. The smallest absolute Gasteiger partial charge is 0.226 e. The van der Waals surface area contributed by atoms with Crippen LogP contribution in [0.2, 0.25) is 0 Å². The number of rotatable bonds is 6. The van der Waals surface area contributed by atoms with E-state index in [-0.39, 0.29) is 11.8 Å². The Morgan fingerprint density at radius 2 is 1.76 bits per heavy atom. The molecule has 0 aliphatic heterocycles. The van der Waals surface area contributed by atoms with Gasteiger partial charge in [0.2, 0.25) is 5.91 Å². The van der Waals surface area contributed by atoms with Crippen molar-refractivity contribution in [2.75, 3.05) is 17.2 Å². The third-order valence-corrected chi connectivity index (χ3v) is 2.54. The monoisotopic (exact) mass is 234 g/mol. The predicted molar refractivity (Wildman–Crippen MR) is 73.3 cm³/mol. The Kier molecular flexibility index (Phi) is 5.53. The van der Waals surface area contributed by atoms with Crippen molar-refractivity contribution >= 4 is 17.3 Å². The molecule has 1 aromatic carbocycles. The van der Waals surface area contributed by atoms with E-state index in [4.69, 9.17) is 0 Å². The van der Waals surface area contributed by atoms with Crippen molar-refractivity contribution in [3.63, 3.8) is 0 Å². The molecule has 0 radical (unpaired) electrons. The first-order chi connectivity index (χ1) is 8.13. The first-order valence-electron chi connectivity index (χ1n) is 6.28. The summed E-state index contributed by atoms with van der Waals surface area (Å²) in [5, 5.41) is 6.21. The normalized spacial score (nSPS) is 10.4. The highest BCUT2D eigenvalue weighted by Crippen LogP contribution is 2.14. The lowest BCUT2D eigenvalue weighted by molar-refractivity contribution is -0.118. The molecule has 1 rings (SSSR count). The molecule has 0 aliphatic rings. The second-order valence-corrected chi connectivity index (χ2v) is 4.50. The Labute approximate surface area is 104 Å². The second-order valence-electron chi connectivity index (χ2n) is 4.50. The van der Waals surface area contributed by atoms with Gasteiger partial charge < -0.3 is 10.6 Å². The van der Waals surface area contributed by atoms with E-state index in [1.165, 1.54) is 12.8 Å². The van der Waals surface area contributed by atoms with Gasteiger partial charge in [-0.1, -0.05) is 27.2 Å². The number of carbonyl (C=O) groups excluding carboxylic acids is 1. The minimum atomic E-state index is 0.0114. The van der Waals surface area contributed by atoms with Crippen LogP contribution in [0.15, 0.2) is 24.3 Å². The van der Waals surface area contributed by atoms with Gasteiger partial charge in [-0.15, -0.1) is 0 Å². The van der Waals surface area contributed by atoms with Gasteiger partial charge in [0.05, 0.1) is 0 Å². The molecule has 17 heavy (non-hydrogen) atoms. The van der Waals surface area contributed by atoms with Crippen molar-refractivity contribution in [3.8, 4) is 0 Å². The summed E-state index contributed by atoms with van der Waals surface area (Å²) in [6.07, 6.45) is 2.36. The van der Waals surface area contributed by atoms with Gasteiger partial charge in [-0.05, 0) is 30.7 Å². The zero-order valence-corrected chi connectivity index (χ0v) is 10.9. The molecule has 0 bridgehead atoms. The number of anilines is 2. The van der Waals surface area contributed by atoms with E-state index in [2.05, 4.69) is 17.6 Å². The van der Waals surface area contributed by atoms with E-state index in [1.807, 2.05) is 38.1 Å². The summed E-state index contributed by atoms with van der Waals surface area (Å²) in [5.74, 6) is 0.0639. The molecule has 0 heterocycles. The molecular weight excluding hydrogens is 212 g/mol.